The van der Waals surface area contributed by atoms with Crippen LogP contribution in [0.15, 0.2) is 60.7 Å². The Morgan fingerprint density at radius 3 is 1.97 bits per heavy atom. The molecule has 29 heavy (non-hydrogen) atoms. The minimum atomic E-state index is -2.41. The standard InChI is InChI=1S/C26H38O2Si/c1-21(12-11-13-22-18-23(22)19-27)20-28-29(26(2,3)4,24-14-7-5-8-15-24)25-16-9-6-10-17-25/h5-10,14-17,21-23,27H,11-13,18-20H2,1-4H3/t21-,22-,23-/m0/s1. The van der Waals surface area contributed by atoms with Crippen molar-refractivity contribution in [2.45, 2.75) is 58.4 Å². The van der Waals surface area contributed by atoms with Crippen molar-refractivity contribution in [1.82, 2.24) is 0 Å². The van der Waals surface area contributed by atoms with E-state index in [9.17, 15) is 5.11 Å². The predicted molar refractivity (Wildman–Crippen MR) is 125 cm³/mol. The van der Waals surface area contributed by atoms with Gasteiger partial charge in [0.1, 0.15) is 0 Å². The van der Waals surface area contributed by atoms with Crippen LogP contribution in [0.25, 0.3) is 0 Å². The minimum absolute atomic E-state index is 0.0395. The van der Waals surface area contributed by atoms with Crippen LogP contribution in [-0.2, 0) is 4.43 Å². The number of benzene rings is 2. The molecule has 0 saturated heterocycles. The lowest BCUT2D eigenvalue weighted by molar-refractivity contribution is 0.233. The van der Waals surface area contributed by atoms with E-state index in [0.29, 0.717) is 18.4 Å². The van der Waals surface area contributed by atoms with E-state index in [1.807, 2.05) is 0 Å². The minimum Gasteiger partial charge on any atom is -0.407 e. The second kappa shape index (κ2) is 9.59. The molecule has 1 fully saturated rings. The summed E-state index contributed by atoms with van der Waals surface area (Å²) in [5.41, 5.74) is 0. The zero-order valence-corrected chi connectivity index (χ0v) is 19.6. The van der Waals surface area contributed by atoms with Gasteiger partial charge < -0.3 is 9.53 Å². The maximum atomic E-state index is 9.24. The maximum Gasteiger partial charge on any atom is 0.261 e. The summed E-state index contributed by atoms with van der Waals surface area (Å²) >= 11 is 0. The van der Waals surface area contributed by atoms with Crippen molar-refractivity contribution in [3.05, 3.63) is 60.7 Å². The lowest BCUT2D eigenvalue weighted by atomic mass is 10.0. The van der Waals surface area contributed by atoms with Crippen molar-refractivity contribution < 1.29 is 9.53 Å². The summed E-state index contributed by atoms with van der Waals surface area (Å²) in [7, 11) is -2.41. The third-order valence-electron chi connectivity index (χ3n) is 6.58. The van der Waals surface area contributed by atoms with Crippen molar-refractivity contribution in [3.8, 4) is 0 Å². The normalized spacial score (nSPS) is 20.4. The Hall–Kier alpha value is -1.42. The highest BCUT2D eigenvalue weighted by atomic mass is 28.4. The second-order valence-corrected chi connectivity index (χ2v) is 14.3. The number of hydrogen-bond donors (Lipinski definition) is 1. The SMILES string of the molecule is C[C@@H](CCC[C@H]1C[C@H]1CO)CO[Si](c1ccccc1)(c1ccccc1)C(C)(C)C. The number of aliphatic hydroxyl groups is 1. The monoisotopic (exact) mass is 410 g/mol. The first-order valence-corrected chi connectivity index (χ1v) is 13.1. The number of hydrogen-bond acceptors (Lipinski definition) is 2. The van der Waals surface area contributed by atoms with Gasteiger partial charge in [-0.05, 0) is 46.0 Å². The summed E-state index contributed by atoms with van der Waals surface area (Å²) in [4.78, 5) is 0. The van der Waals surface area contributed by atoms with Gasteiger partial charge in [0.2, 0.25) is 0 Å². The molecular formula is C26H38O2Si. The Morgan fingerprint density at radius 2 is 1.52 bits per heavy atom. The van der Waals surface area contributed by atoms with Crippen LogP contribution in [-0.4, -0.2) is 26.6 Å². The van der Waals surface area contributed by atoms with Crippen LogP contribution in [0.1, 0.15) is 53.4 Å². The van der Waals surface area contributed by atoms with Gasteiger partial charge in [0.05, 0.1) is 0 Å². The third kappa shape index (κ3) is 5.20. The fourth-order valence-corrected chi connectivity index (χ4v) is 9.42. The molecule has 2 aromatic rings. The quantitative estimate of drug-likeness (QED) is 0.559. The summed E-state index contributed by atoms with van der Waals surface area (Å²) in [5.74, 6) is 1.89. The Morgan fingerprint density at radius 1 is 0.966 bits per heavy atom. The maximum absolute atomic E-state index is 9.24. The molecule has 0 heterocycles. The molecule has 158 valence electrons. The summed E-state index contributed by atoms with van der Waals surface area (Å²) in [6.07, 6.45) is 4.93. The summed E-state index contributed by atoms with van der Waals surface area (Å²) in [6.45, 7) is 10.5. The molecule has 1 aliphatic rings. The van der Waals surface area contributed by atoms with E-state index in [4.69, 9.17) is 4.43 Å². The van der Waals surface area contributed by atoms with Gasteiger partial charge in [-0.1, -0.05) is 101 Å². The Bertz CT molecular complexity index is 699. The molecule has 0 radical (unpaired) electrons. The molecule has 1 saturated carbocycles. The molecule has 0 amide bonds. The topological polar surface area (TPSA) is 29.5 Å². The van der Waals surface area contributed by atoms with E-state index in [1.165, 1.54) is 36.1 Å². The van der Waals surface area contributed by atoms with E-state index in [-0.39, 0.29) is 5.04 Å². The highest BCUT2D eigenvalue weighted by Gasteiger charge is 2.50. The molecule has 0 aliphatic heterocycles. The van der Waals surface area contributed by atoms with Crippen LogP contribution in [0.2, 0.25) is 5.04 Å². The van der Waals surface area contributed by atoms with Crippen LogP contribution < -0.4 is 10.4 Å². The largest absolute Gasteiger partial charge is 0.407 e. The summed E-state index contributed by atoms with van der Waals surface area (Å²) < 4.78 is 7.04. The highest BCUT2D eigenvalue weighted by Crippen LogP contribution is 2.42. The van der Waals surface area contributed by atoms with Crippen molar-refractivity contribution in [2.75, 3.05) is 13.2 Å². The summed E-state index contributed by atoms with van der Waals surface area (Å²) in [6, 6.07) is 21.8. The Kier molecular flexibility index (Phi) is 7.36. The average Bonchev–Trinajstić information content (AvgIpc) is 3.47. The van der Waals surface area contributed by atoms with Crippen molar-refractivity contribution in [2.24, 2.45) is 17.8 Å². The first-order chi connectivity index (χ1) is 13.9. The van der Waals surface area contributed by atoms with E-state index in [2.05, 4.69) is 88.4 Å². The van der Waals surface area contributed by atoms with Crippen molar-refractivity contribution in [1.29, 1.82) is 0 Å². The van der Waals surface area contributed by atoms with Gasteiger partial charge in [-0.15, -0.1) is 0 Å². The second-order valence-electron chi connectivity index (χ2n) is 9.95. The van der Waals surface area contributed by atoms with Crippen LogP contribution in [0, 0.1) is 17.8 Å². The van der Waals surface area contributed by atoms with E-state index < -0.39 is 8.32 Å². The van der Waals surface area contributed by atoms with E-state index in [0.717, 1.165) is 12.5 Å². The molecule has 3 atom stereocenters. The summed E-state index contributed by atoms with van der Waals surface area (Å²) in [5, 5.41) is 12.0. The van der Waals surface area contributed by atoms with Crippen LogP contribution >= 0.6 is 0 Å². The molecule has 2 nitrogen and oxygen atoms in total. The zero-order chi connectivity index (χ0) is 20.9. The molecule has 0 spiro atoms. The molecular weight excluding hydrogens is 372 g/mol. The molecule has 1 aliphatic carbocycles. The van der Waals surface area contributed by atoms with E-state index >= 15 is 0 Å². The fourth-order valence-electron chi connectivity index (χ4n) is 4.73. The van der Waals surface area contributed by atoms with Crippen LogP contribution in [0.4, 0.5) is 0 Å². The molecule has 2 aromatic carbocycles. The van der Waals surface area contributed by atoms with Gasteiger partial charge in [-0.3, -0.25) is 0 Å². The highest BCUT2D eigenvalue weighted by molar-refractivity contribution is 6.99. The molecule has 0 bridgehead atoms. The van der Waals surface area contributed by atoms with Gasteiger partial charge in [-0.25, -0.2) is 0 Å². The van der Waals surface area contributed by atoms with Gasteiger partial charge >= 0.3 is 0 Å². The molecule has 3 rings (SSSR count). The van der Waals surface area contributed by atoms with Crippen molar-refractivity contribution >= 4 is 18.7 Å². The predicted octanol–water partition coefficient (Wildman–Crippen LogP) is 5.00. The van der Waals surface area contributed by atoms with E-state index in [1.54, 1.807) is 0 Å². The van der Waals surface area contributed by atoms with Crippen molar-refractivity contribution in [3.63, 3.8) is 0 Å². The Balaban J connectivity index is 1.75. The van der Waals surface area contributed by atoms with Gasteiger partial charge in [0, 0.05) is 13.2 Å². The third-order valence-corrected chi connectivity index (χ3v) is 11.6. The lowest BCUT2D eigenvalue weighted by Gasteiger charge is -2.43. The molecule has 0 unspecified atom stereocenters. The lowest BCUT2D eigenvalue weighted by Crippen LogP contribution is -2.66. The van der Waals surface area contributed by atoms with Gasteiger partial charge in [-0.2, -0.15) is 0 Å². The number of rotatable bonds is 10. The fraction of sp³-hybridized carbons (Fsp3) is 0.538. The first-order valence-electron chi connectivity index (χ1n) is 11.2. The van der Waals surface area contributed by atoms with Gasteiger partial charge in [0.25, 0.3) is 8.32 Å². The zero-order valence-electron chi connectivity index (χ0n) is 18.6. The molecule has 0 aromatic heterocycles. The Labute approximate surface area is 178 Å². The number of aliphatic hydroxyl groups excluding tert-OH is 1. The first kappa shape index (κ1) is 22.3. The molecule has 3 heteroatoms. The molecule has 1 N–H and O–H groups in total. The van der Waals surface area contributed by atoms with Crippen LogP contribution in [0.3, 0.4) is 0 Å². The van der Waals surface area contributed by atoms with Gasteiger partial charge in [0.15, 0.2) is 0 Å². The van der Waals surface area contributed by atoms with Crippen LogP contribution in [0.5, 0.6) is 0 Å². The smallest absolute Gasteiger partial charge is 0.261 e. The average molecular weight is 411 g/mol.